The van der Waals surface area contributed by atoms with Crippen LogP contribution in [0, 0.1) is 0 Å². The van der Waals surface area contributed by atoms with Crippen LogP contribution in [0.25, 0.3) is 11.0 Å². The number of amides is 1. The van der Waals surface area contributed by atoms with Crippen molar-refractivity contribution >= 4 is 23.3 Å². The van der Waals surface area contributed by atoms with E-state index in [2.05, 4.69) is 5.32 Å². The second-order valence-corrected chi connectivity index (χ2v) is 6.21. The molecule has 0 saturated carbocycles. The Bertz CT molecular complexity index is 848. The minimum atomic E-state index is -0.605. The van der Waals surface area contributed by atoms with Gasteiger partial charge >= 0.3 is 5.63 Å². The first-order chi connectivity index (χ1) is 13.0. The molecule has 0 unspecified atom stereocenters. The van der Waals surface area contributed by atoms with Crippen molar-refractivity contribution in [1.82, 2.24) is 10.2 Å². The van der Waals surface area contributed by atoms with Gasteiger partial charge in [0.25, 0.3) is 12.4 Å². The van der Waals surface area contributed by atoms with E-state index in [0.717, 1.165) is 13.0 Å². The van der Waals surface area contributed by atoms with Crippen LogP contribution in [0.4, 0.5) is 0 Å². The van der Waals surface area contributed by atoms with E-state index in [1.807, 2.05) is 19.9 Å². The summed E-state index contributed by atoms with van der Waals surface area (Å²) in [6.45, 7) is 6.29. The number of piperazine rings is 1. The maximum absolute atomic E-state index is 12.6. The standard InChI is InChI=1S/C18H22N2O4.CH2O2/c1-3-8-23-14-5-4-13-9-15(18(22)24-16(13)10-14)17(21)20-7-6-19-12(2)11-20;2-1-3/h4-5,9-10,12,19H,3,6-8,11H2,1-2H3;1H,(H,2,3)/t12-;/m1./s1. The fraction of sp³-hybridized carbons (Fsp3) is 0.421. The van der Waals surface area contributed by atoms with E-state index in [1.165, 1.54) is 0 Å². The Morgan fingerprint density at radius 2 is 2.19 bits per heavy atom. The minimum Gasteiger partial charge on any atom is -0.493 e. The molecule has 1 aromatic heterocycles. The number of hydrogen-bond donors (Lipinski definition) is 2. The summed E-state index contributed by atoms with van der Waals surface area (Å²) in [7, 11) is 0. The molecule has 0 radical (unpaired) electrons. The van der Waals surface area contributed by atoms with Gasteiger partial charge in [0.1, 0.15) is 16.9 Å². The normalized spacial score (nSPS) is 16.4. The minimum absolute atomic E-state index is 0.0822. The third kappa shape index (κ3) is 5.30. The first kappa shape index (κ1) is 20.4. The molecule has 1 atom stereocenters. The summed E-state index contributed by atoms with van der Waals surface area (Å²) in [4.78, 5) is 34.9. The molecule has 8 nitrogen and oxygen atoms in total. The molecule has 1 amide bonds. The molecule has 2 aromatic rings. The summed E-state index contributed by atoms with van der Waals surface area (Å²) in [6.07, 6.45) is 0.901. The molecule has 1 saturated heterocycles. The Balaban J connectivity index is 0.000000817. The van der Waals surface area contributed by atoms with Crippen molar-refractivity contribution in [3.8, 4) is 5.75 Å². The average Bonchev–Trinajstić information content (AvgIpc) is 2.65. The van der Waals surface area contributed by atoms with Crippen molar-refractivity contribution in [1.29, 1.82) is 0 Å². The van der Waals surface area contributed by atoms with Gasteiger partial charge in [0, 0.05) is 37.1 Å². The SMILES string of the molecule is CCCOc1ccc2cc(C(=O)N3CCN[C@H](C)C3)c(=O)oc2c1.O=CO. The average molecular weight is 376 g/mol. The molecule has 3 rings (SSSR count). The number of hydrogen-bond acceptors (Lipinski definition) is 6. The summed E-state index contributed by atoms with van der Waals surface area (Å²) >= 11 is 0. The van der Waals surface area contributed by atoms with Gasteiger partial charge in [-0.1, -0.05) is 6.92 Å². The third-order valence-electron chi connectivity index (χ3n) is 4.07. The van der Waals surface area contributed by atoms with Gasteiger partial charge in [0.2, 0.25) is 0 Å². The fourth-order valence-corrected chi connectivity index (χ4v) is 2.84. The molecular weight excluding hydrogens is 352 g/mol. The Morgan fingerprint density at radius 3 is 2.85 bits per heavy atom. The molecule has 1 fully saturated rings. The molecule has 1 aliphatic rings. The Hall–Kier alpha value is -2.87. The maximum Gasteiger partial charge on any atom is 0.349 e. The number of nitrogens with one attached hydrogen (secondary N) is 1. The van der Waals surface area contributed by atoms with Gasteiger partial charge in [-0.3, -0.25) is 9.59 Å². The monoisotopic (exact) mass is 376 g/mol. The zero-order chi connectivity index (χ0) is 19.8. The van der Waals surface area contributed by atoms with Crippen LogP contribution < -0.4 is 15.7 Å². The highest BCUT2D eigenvalue weighted by Crippen LogP contribution is 2.21. The summed E-state index contributed by atoms with van der Waals surface area (Å²) in [5.41, 5.74) is -0.0935. The van der Waals surface area contributed by atoms with Crippen molar-refractivity contribution in [3.63, 3.8) is 0 Å². The Kier molecular flexibility index (Phi) is 7.36. The van der Waals surface area contributed by atoms with Gasteiger partial charge in [0.05, 0.1) is 6.61 Å². The highest BCUT2D eigenvalue weighted by Gasteiger charge is 2.24. The topological polar surface area (TPSA) is 109 Å². The van der Waals surface area contributed by atoms with Gasteiger partial charge < -0.3 is 24.5 Å². The number of fused-ring (bicyclic) bond motifs is 1. The fourth-order valence-electron chi connectivity index (χ4n) is 2.84. The lowest BCUT2D eigenvalue weighted by molar-refractivity contribution is -0.122. The number of benzene rings is 1. The van der Waals surface area contributed by atoms with E-state index < -0.39 is 5.63 Å². The molecule has 8 heteroatoms. The smallest absolute Gasteiger partial charge is 0.349 e. The van der Waals surface area contributed by atoms with E-state index in [0.29, 0.717) is 36.4 Å². The van der Waals surface area contributed by atoms with Crippen molar-refractivity contribution in [2.75, 3.05) is 26.2 Å². The van der Waals surface area contributed by atoms with E-state index in [9.17, 15) is 9.59 Å². The number of nitrogens with zero attached hydrogens (tertiary/aromatic N) is 1. The van der Waals surface area contributed by atoms with E-state index in [-0.39, 0.29) is 24.0 Å². The van der Waals surface area contributed by atoms with Crippen LogP contribution in [0.2, 0.25) is 0 Å². The summed E-state index contributed by atoms with van der Waals surface area (Å²) in [6, 6.07) is 7.14. The van der Waals surface area contributed by atoms with Crippen LogP contribution in [-0.2, 0) is 4.79 Å². The number of carbonyl (C=O) groups is 2. The van der Waals surface area contributed by atoms with Gasteiger partial charge in [-0.2, -0.15) is 0 Å². The van der Waals surface area contributed by atoms with E-state index >= 15 is 0 Å². The third-order valence-corrected chi connectivity index (χ3v) is 4.07. The Morgan fingerprint density at radius 1 is 1.44 bits per heavy atom. The number of carboxylic acid groups (broad SMARTS) is 1. The number of rotatable bonds is 4. The van der Waals surface area contributed by atoms with Gasteiger partial charge in [-0.05, 0) is 31.5 Å². The number of ether oxygens (including phenoxy) is 1. The van der Waals surface area contributed by atoms with Crippen molar-refractivity contribution in [3.05, 3.63) is 40.2 Å². The van der Waals surface area contributed by atoms with Crippen molar-refractivity contribution < 1.29 is 23.8 Å². The molecule has 27 heavy (non-hydrogen) atoms. The molecule has 1 aromatic carbocycles. The summed E-state index contributed by atoms with van der Waals surface area (Å²) in [5, 5.41) is 10.9. The first-order valence-corrected chi connectivity index (χ1v) is 8.81. The second-order valence-electron chi connectivity index (χ2n) is 6.21. The van der Waals surface area contributed by atoms with Gasteiger partial charge in [-0.15, -0.1) is 0 Å². The van der Waals surface area contributed by atoms with Crippen LogP contribution in [0.5, 0.6) is 5.75 Å². The molecular formula is C19H24N2O6. The molecule has 0 bridgehead atoms. The first-order valence-electron chi connectivity index (χ1n) is 8.81. The van der Waals surface area contributed by atoms with Crippen LogP contribution in [0.3, 0.4) is 0 Å². The van der Waals surface area contributed by atoms with Crippen LogP contribution >= 0.6 is 0 Å². The second kappa shape index (κ2) is 9.72. The van der Waals surface area contributed by atoms with E-state index in [1.54, 1.807) is 23.1 Å². The largest absolute Gasteiger partial charge is 0.493 e. The van der Waals surface area contributed by atoms with Crippen molar-refractivity contribution in [2.24, 2.45) is 0 Å². The zero-order valence-electron chi connectivity index (χ0n) is 15.4. The molecule has 0 spiro atoms. The van der Waals surface area contributed by atoms with Gasteiger partial charge in [-0.25, -0.2) is 4.79 Å². The lowest BCUT2D eigenvalue weighted by atomic mass is 10.1. The van der Waals surface area contributed by atoms with Crippen molar-refractivity contribution in [2.45, 2.75) is 26.3 Å². The lowest BCUT2D eigenvalue weighted by Crippen LogP contribution is -2.51. The Labute approximate surface area is 156 Å². The summed E-state index contributed by atoms with van der Waals surface area (Å²) < 4.78 is 10.9. The maximum atomic E-state index is 12.6. The van der Waals surface area contributed by atoms with Crippen LogP contribution in [0.1, 0.15) is 30.6 Å². The number of carbonyl (C=O) groups excluding carboxylic acids is 1. The predicted octanol–water partition coefficient (Wildman–Crippen LogP) is 1.72. The molecule has 146 valence electrons. The zero-order valence-corrected chi connectivity index (χ0v) is 15.4. The predicted molar refractivity (Wildman–Crippen MR) is 100 cm³/mol. The molecule has 0 aliphatic carbocycles. The molecule has 2 heterocycles. The highest BCUT2D eigenvalue weighted by atomic mass is 16.5. The lowest BCUT2D eigenvalue weighted by Gasteiger charge is -2.31. The van der Waals surface area contributed by atoms with Crippen LogP contribution in [-0.4, -0.2) is 54.7 Å². The molecule has 1 aliphatic heterocycles. The highest BCUT2D eigenvalue weighted by molar-refractivity contribution is 5.96. The van der Waals surface area contributed by atoms with Gasteiger partial charge in [0.15, 0.2) is 0 Å². The van der Waals surface area contributed by atoms with E-state index in [4.69, 9.17) is 19.1 Å². The quantitative estimate of drug-likeness (QED) is 0.618. The molecule has 2 N–H and O–H groups in total. The summed E-state index contributed by atoms with van der Waals surface area (Å²) in [5.74, 6) is 0.382. The van der Waals surface area contributed by atoms with Crippen LogP contribution in [0.15, 0.2) is 33.5 Å².